The number of carbonyl (C=O) groups is 4. The quantitative estimate of drug-likeness (QED) is 0.430. The lowest BCUT2D eigenvalue weighted by atomic mass is 10.1. The normalized spacial score (nSPS) is 21.5. The molecule has 1 aromatic rings. The first-order valence-corrected chi connectivity index (χ1v) is 9.03. The van der Waals surface area contributed by atoms with Gasteiger partial charge in [0.05, 0.1) is 28.9 Å². The molecule has 3 amide bonds. The van der Waals surface area contributed by atoms with Crippen LogP contribution in [-0.2, 0) is 14.3 Å². The highest BCUT2D eigenvalue weighted by Crippen LogP contribution is 2.24. The average molecular weight is 386 g/mol. The third-order valence-corrected chi connectivity index (χ3v) is 4.62. The van der Waals surface area contributed by atoms with Crippen molar-refractivity contribution in [1.82, 2.24) is 9.80 Å². The molecule has 2 heterocycles. The van der Waals surface area contributed by atoms with Crippen LogP contribution >= 0.6 is 0 Å². The second-order valence-corrected chi connectivity index (χ2v) is 6.90. The van der Waals surface area contributed by atoms with Crippen molar-refractivity contribution in [3.05, 3.63) is 47.5 Å². The number of rotatable bonds is 5. The van der Waals surface area contributed by atoms with Crippen LogP contribution in [0.4, 0.5) is 0 Å². The second kappa shape index (κ2) is 7.93. The first-order valence-electron chi connectivity index (χ1n) is 9.03. The van der Waals surface area contributed by atoms with E-state index in [9.17, 15) is 19.2 Å². The molecule has 8 heteroatoms. The molecule has 148 valence electrons. The molecule has 2 aliphatic heterocycles. The number of morpholine rings is 1. The molecule has 2 atom stereocenters. The summed E-state index contributed by atoms with van der Waals surface area (Å²) in [5.74, 6) is -1.94. The summed E-state index contributed by atoms with van der Waals surface area (Å²) in [6.07, 6.45) is 1.29. The average Bonchev–Trinajstić information content (AvgIpc) is 2.90. The third kappa shape index (κ3) is 3.82. The van der Waals surface area contributed by atoms with Gasteiger partial charge >= 0.3 is 5.97 Å². The van der Waals surface area contributed by atoms with Gasteiger partial charge in [-0.25, -0.2) is 4.79 Å². The summed E-state index contributed by atoms with van der Waals surface area (Å²) >= 11 is 0. The summed E-state index contributed by atoms with van der Waals surface area (Å²) < 4.78 is 10.7. The van der Waals surface area contributed by atoms with Crippen LogP contribution in [0.1, 0.15) is 44.9 Å². The van der Waals surface area contributed by atoms with Crippen molar-refractivity contribution in [2.45, 2.75) is 26.1 Å². The van der Waals surface area contributed by atoms with E-state index >= 15 is 0 Å². The minimum absolute atomic E-state index is 0.0813. The van der Waals surface area contributed by atoms with Gasteiger partial charge in [0.15, 0.2) is 6.61 Å². The van der Waals surface area contributed by atoms with Gasteiger partial charge in [0.2, 0.25) is 0 Å². The number of benzene rings is 1. The smallest absolute Gasteiger partial charge is 0.338 e. The molecular weight excluding hydrogens is 364 g/mol. The minimum atomic E-state index is -0.729. The maximum Gasteiger partial charge on any atom is 0.338 e. The summed E-state index contributed by atoms with van der Waals surface area (Å²) in [6, 6.07) is 4.15. The molecule has 8 nitrogen and oxygen atoms in total. The molecule has 0 bridgehead atoms. The lowest BCUT2D eigenvalue weighted by Gasteiger charge is -2.35. The summed E-state index contributed by atoms with van der Waals surface area (Å²) in [6.45, 7) is 7.85. The van der Waals surface area contributed by atoms with Crippen molar-refractivity contribution >= 4 is 23.7 Å². The maximum atomic E-state index is 12.3. The van der Waals surface area contributed by atoms with E-state index in [2.05, 4.69) is 6.58 Å². The Labute approximate surface area is 162 Å². The van der Waals surface area contributed by atoms with Crippen LogP contribution in [0.15, 0.2) is 30.9 Å². The molecule has 2 aliphatic rings. The highest BCUT2D eigenvalue weighted by atomic mass is 16.5. The number of hydrogen-bond acceptors (Lipinski definition) is 6. The van der Waals surface area contributed by atoms with Crippen LogP contribution < -0.4 is 0 Å². The Morgan fingerprint density at radius 2 is 1.82 bits per heavy atom. The zero-order valence-corrected chi connectivity index (χ0v) is 15.8. The number of hydrogen-bond donors (Lipinski definition) is 0. The van der Waals surface area contributed by atoms with E-state index in [-0.39, 0.29) is 41.4 Å². The number of nitrogens with zero attached hydrogens (tertiary/aromatic N) is 2. The Kier molecular flexibility index (Phi) is 5.60. The number of imide groups is 1. The summed E-state index contributed by atoms with van der Waals surface area (Å²) in [5, 5.41) is 0. The first kappa shape index (κ1) is 19.8. The van der Waals surface area contributed by atoms with Crippen LogP contribution in [-0.4, -0.2) is 71.9 Å². The number of amides is 3. The van der Waals surface area contributed by atoms with Crippen molar-refractivity contribution in [3.63, 3.8) is 0 Å². The highest BCUT2D eigenvalue weighted by Gasteiger charge is 2.35. The SMILES string of the molecule is C=CCN1C(=O)c2ccc(C(=O)OCC(=O)N3CC(C)OC(C)C3)cc2C1=O. The van der Waals surface area contributed by atoms with Gasteiger partial charge in [0, 0.05) is 19.6 Å². The monoisotopic (exact) mass is 386 g/mol. The fourth-order valence-electron chi connectivity index (χ4n) is 3.40. The Hall–Kier alpha value is -3.00. The van der Waals surface area contributed by atoms with E-state index in [1.54, 1.807) is 4.90 Å². The Morgan fingerprint density at radius 1 is 1.18 bits per heavy atom. The zero-order chi connectivity index (χ0) is 20.4. The van der Waals surface area contributed by atoms with Crippen molar-refractivity contribution in [2.24, 2.45) is 0 Å². The molecule has 0 aliphatic carbocycles. The van der Waals surface area contributed by atoms with Gasteiger partial charge in [0.1, 0.15) is 0 Å². The Bertz CT molecular complexity index is 839. The van der Waals surface area contributed by atoms with Gasteiger partial charge in [0.25, 0.3) is 17.7 Å². The van der Waals surface area contributed by atoms with Crippen LogP contribution in [0.5, 0.6) is 0 Å². The number of esters is 1. The van der Waals surface area contributed by atoms with E-state index in [0.717, 1.165) is 4.90 Å². The topological polar surface area (TPSA) is 93.2 Å². The highest BCUT2D eigenvalue weighted by molar-refractivity contribution is 6.22. The standard InChI is InChI=1S/C20H22N2O6/c1-4-7-22-18(24)15-6-5-14(8-16(15)19(22)25)20(26)27-11-17(23)21-9-12(2)28-13(3)10-21/h4-6,8,12-13H,1,7,9-11H2,2-3H3. The molecule has 1 saturated heterocycles. The predicted molar refractivity (Wildman–Crippen MR) is 98.9 cm³/mol. The molecule has 0 saturated carbocycles. The van der Waals surface area contributed by atoms with Crippen molar-refractivity contribution in [1.29, 1.82) is 0 Å². The fraction of sp³-hybridized carbons (Fsp3) is 0.400. The molecule has 0 radical (unpaired) electrons. The van der Waals surface area contributed by atoms with Gasteiger partial charge in [-0.2, -0.15) is 0 Å². The van der Waals surface area contributed by atoms with Crippen molar-refractivity contribution < 1.29 is 28.7 Å². The molecule has 0 N–H and O–H groups in total. The van der Waals surface area contributed by atoms with Crippen molar-refractivity contribution in [2.75, 3.05) is 26.2 Å². The largest absolute Gasteiger partial charge is 0.452 e. The fourth-order valence-corrected chi connectivity index (χ4v) is 3.40. The third-order valence-electron chi connectivity index (χ3n) is 4.62. The summed E-state index contributed by atoms with van der Waals surface area (Å²) in [5.41, 5.74) is 0.482. The van der Waals surface area contributed by atoms with Crippen LogP contribution in [0.25, 0.3) is 0 Å². The van der Waals surface area contributed by atoms with Gasteiger partial charge in [-0.3, -0.25) is 19.3 Å². The molecule has 0 aromatic heterocycles. The van der Waals surface area contributed by atoms with E-state index in [0.29, 0.717) is 13.1 Å². The predicted octanol–water partition coefficient (Wildman–Crippen LogP) is 1.26. The van der Waals surface area contributed by atoms with Gasteiger partial charge in [-0.05, 0) is 32.0 Å². The zero-order valence-electron chi connectivity index (χ0n) is 15.8. The van der Waals surface area contributed by atoms with E-state index in [1.807, 2.05) is 13.8 Å². The summed E-state index contributed by atoms with van der Waals surface area (Å²) in [7, 11) is 0. The van der Waals surface area contributed by atoms with Crippen LogP contribution in [0, 0.1) is 0 Å². The second-order valence-electron chi connectivity index (χ2n) is 6.90. The summed E-state index contributed by atoms with van der Waals surface area (Å²) in [4.78, 5) is 51.8. The molecular formula is C20H22N2O6. The van der Waals surface area contributed by atoms with Gasteiger partial charge < -0.3 is 14.4 Å². The minimum Gasteiger partial charge on any atom is -0.452 e. The number of ether oxygens (including phenoxy) is 2. The number of carbonyl (C=O) groups excluding carboxylic acids is 4. The Morgan fingerprint density at radius 3 is 2.46 bits per heavy atom. The number of fused-ring (bicyclic) bond motifs is 1. The lowest BCUT2D eigenvalue weighted by Crippen LogP contribution is -2.49. The molecule has 0 spiro atoms. The van der Waals surface area contributed by atoms with E-state index < -0.39 is 24.4 Å². The molecule has 1 fully saturated rings. The van der Waals surface area contributed by atoms with Gasteiger partial charge in [-0.15, -0.1) is 6.58 Å². The molecule has 28 heavy (non-hydrogen) atoms. The maximum absolute atomic E-state index is 12.3. The van der Waals surface area contributed by atoms with Crippen molar-refractivity contribution in [3.8, 4) is 0 Å². The lowest BCUT2D eigenvalue weighted by molar-refractivity contribution is -0.146. The molecule has 1 aromatic carbocycles. The van der Waals surface area contributed by atoms with Crippen LogP contribution in [0.2, 0.25) is 0 Å². The molecule has 3 rings (SSSR count). The van der Waals surface area contributed by atoms with Gasteiger partial charge in [-0.1, -0.05) is 6.08 Å². The first-order chi connectivity index (χ1) is 13.3. The van der Waals surface area contributed by atoms with E-state index in [4.69, 9.17) is 9.47 Å². The van der Waals surface area contributed by atoms with Crippen LogP contribution in [0.3, 0.4) is 0 Å². The molecule has 2 unspecified atom stereocenters. The van der Waals surface area contributed by atoms with E-state index in [1.165, 1.54) is 24.3 Å². The Balaban J connectivity index is 1.65.